The fraction of sp³-hybridized carbons (Fsp3) is 0.393. The van der Waals surface area contributed by atoms with Crippen molar-refractivity contribution in [1.29, 1.82) is 5.26 Å². The number of nitrogens with one attached hydrogen (secondary N) is 2. The van der Waals surface area contributed by atoms with Crippen LogP contribution in [0.5, 0.6) is 5.75 Å². The fourth-order valence-corrected chi connectivity index (χ4v) is 5.26. The Kier molecular flexibility index (Phi) is 8.82. The van der Waals surface area contributed by atoms with Gasteiger partial charge in [-0.1, -0.05) is 12.0 Å². The Balaban J connectivity index is 1.60. The molecule has 1 saturated heterocycles. The van der Waals surface area contributed by atoms with E-state index in [0.29, 0.717) is 16.6 Å². The Bertz CT molecular complexity index is 1570. The molecule has 40 heavy (non-hydrogen) atoms. The lowest BCUT2D eigenvalue weighted by Crippen LogP contribution is -2.36. The van der Waals surface area contributed by atoms with Gasteiger partial charge in [-0.3, -0.25) is 0 Å². The van der Waals surface area contributed by atoms with E-state index in [1.54, 1.807) is 18.2 Å². The molecule has 4 rings (SSSR count). The van der Waals surface area contributed by atoms with E-state index in [1.807, 2.05) is 12.1 Å². The molecule has 3 aromatic rings. The highest BCUT2D eigenvalue weighted by Gasteiger charge is 2.30. The van der Waals surface area contributed by atoms with Gasteiger partial charge in [0, 0.05) is 29.4 Å². The number of piperidine rings is 1. The maximum absolute atomic E-state index is 13.5. The van der Waals surface area contributed by atoms with Gasteiger partial charge in [0.1, 0.15) is 18.4 Å². The van der Waals surface area contributed by atoms with E-state index in [1.165, 1.54) is 22.8 Å². The molecule has 0 amide bonds. The van der Waals surface area contributed by atoms with Crippen LogP contribution in [0, 0.1) is 23.2 Å². The number of halogens is 3. The molecule has 1 aromatic heterocycles. The molecular formula is C28H30F3N5O3S. The summed E-state index contributed by atoms with van der Waals surface area (Å²) in [5.41, 5.74) is 1.84. The molecule has 2 heterocycles. The molecule has 0 bridgehead atoms. The Hall–Kier alpha value is -3.87. The van der Waals surface area contributed by atoms with Gasteiger partial charge in [-0.2, -0.15) is 18.4 Å². The molecule has 0 saturated carbocycles. The maximum atomic E-state index is 13.5. The summed E-state index contributed by atoms with van der Waals surface area (Å²) in [6.45, 7) is 0.471. The molecule has 1 aliphatic heterocycles. The number of rotatable bonds is 8. The van der Waals surface area contributed by atoms with Gasteiger partial charge in [0.05, 0.1) is 28.3 Å². The molecule has 1 fully saturated rings. The summed E-state index contributed by atoms with van der Waals surface area (Å²) in [4.78, 5) is 2.28. The first-order valence-corrected chi connectivity index (χ1v) is 14.5. The van der Waals surface area contributed by atoms with Crippen LogP contribution in [0.25, 0.3) is 10.9 Å². The number of ether oxygens (including phenoxy) is 1. The first kappa shape index (κ1) is 29.1. The van der Waals surface area contributed by atoms with E-state index in [2.05, 4.69) is 34.4 Å². The smallest absolute Gasteiger partial charge is 0.406 e. The monoisotopic (exact) mass is 573 g/mol. The van der Waals surface area contributed by atoms with Crippen LogP contribution in [0.4, 0.5) is 24.5 Å². The van der Waals surface area contributed by atoms with E-state index in [4.69, 9.17) is 10.00 Å². The number of sulfone groups is 1. The van der Waals surface area contributed by atoms with E-state index in [-0.39, 0.29) is 35.5 Å². The van der Waals surface area contributed by atoms with Gasteiger partial charge in [0.25, 0.3) is 0 Å². The minimum atomic E-state index is -4.44. The second-order valence-electron chi connectivity index (χ2n) is 9.72. The van der Waals surface area contributed by atoms with Crippen LogP contribution in [0.3, 0.4) is 0 Å². The Morgan fingerprint density at radius 1 is 1.12 bits per heavy atom. The molecule has 2 aromatic carbocycles. The number of benzene rings is 2. The lowest BCUT2D eigenvalue weighted by atomic mass is 10.0. The molecule has 0 spiro atoms. The van der Waals surface area contributed by atoms with Crippen molar-refractivity contribution >= 4 is 32.1 Å². The summed E-state index contributed by atoms with van der Waals surface area (Å²) >= 11 is 0. The number of alkyl halides is 3. The van der Waals surface area contributed by atoms with Gasteiger partial charge >= 0.3 is 6.18 Å². The lowest BCUT2D eigenvalue weighted by Gasteiger charge is -2.30. The molecule has 8 nitrogen and oxygen atoms in total. The molecule has 1 aliphatic rings. The number of anilines is 2. The minimum absolute atomic E-state index is 0.0263. The van der Waals surface area contributed by atoms with E-state index >= 15 is 0 Å². The van der Waals surface area contributed by atoms with E-state index < -0.39 is 22.6 Å². The van der Waals surface area contributed by atoms with Gasteiger partial charge in [-0.05, 0) is 69.2 Å². The largest absolute Gasteiger partial charge is 0.477 e. The van der Waals surface area contributed by atoms with Gasteiger partial charge in [0.2, 0.25) is 0 Å². The second-order valence-corrected chi connectivity index (χ2v) is 11.7. The fourth-order valence-electron chi connectivity index (χ4n) is 4.62. The zero-order valence-corrected chi connectivity index (χ0v) is 23.0. The SMILES string of the molecule is CN1CCC(Nc2cccc3c2cc(C#CCNc2ccc(S(C)(=O)=O)cc2OCC#N)n3CC(F)(F)F)CC1. The molecular weight excluding hydrogens is 543 g/mol. The summed E-state index contributed by atoms with van der Waals surface area (Å²) in [6, 6.07) is 13.2. The zero-order valence-electron chi connectivity index (χ0n) is 22.2. The van der Waals surface area contributed by atoms with Crippen molar-refractivity contribution < 1.29 is 26.3 Å². The van der Waals surface area contributed by atoms with Crippen molar-refractivity contribution in [3.63, 3.8) is 0 Å². The predicted molar refractivity (Wildman–Crippen MR) is 148 cm³/mol. The second kappa shape index (κ2) is 12.1. The Morgan fingerprint density at radius 3 is 2.55 bits per heavy atom. The molecule has 0 aliphatic carbocycles. The quantitative estimate of drug-likeness (QED) is 0.384. The maximum Gasteiger partial charge on any atom is 0.406 e. The summed E-state index contributed by atoms with van der Waals surface area (Å²) in [5, 5.41) is 16.0. The number of fused-ring (bicyclic) bond motifs is 1. The number of nitrogens with zero attached hydrogens (tertiary/aromatic N) is 3. The van der Waals surface area contributed by atoms with Crippen LogP contribution >= 0.6 is 0 Å². The summed E-state index contributed by atoms with van der Waals surface area (Å²) < 4.78 is 70.9. The van der Waals surface area contributed by atoms with Crippen molar-refractivity contribution in [2.75, 3.05) is 50.2 Å². The summed E-state index contributed by atoms with van der Waals surface area (Å²) in [5.74, 6) is 5.87. The summed E-state index contributed by atoms with van der Waals surface area (Å²) in [6.07, 6.45) is -1.49. The Morgan fingerprint density at radius 2 is 1.88 bits per heavy atom. The standard InChI is InChI=1S/C28H30F3N5O3S/c1-35-14-10-20(11-15-35)34-24-6-3-7-26-23(24)17-21(36(26)19-28(29,30)31)5-4-13-33-25-9-8-22(40(2,37)38)18-27(25)39-16-12-32/h3,6-9,17-18,20,33-34H,10-11,13-16,19H2,1-2H3. The highest BCUT2D eigenvalue weighted by molar-refractivity contribution is 7.90. The zero-order chi connectivity index (χ0) is 28.9. The van der Waals surface area contributed by atoms with Crippen molar-refractivity contribution in [3.8, 4) is 23.7 Å². The van der Waals surface area contributed by atoms with Crippen molar-refractivity contribution in [2.24, 2.45) is 0 Å². The molecule has 2 N–H and O–H groups in total. The molecule has 0 unspecified atom stereocenters. The third-order valence-corrected chi connectivity index (χ3v) is 7.73. The van der Waals surface area contributed by atoms with E-state index in [0.717, 1.165) is 37.9 Å². The number of aromatic nitrogens is 1. The van der Waals surface area contributed by atoms with Gasteiger partial charge in [-0.25, -0.2) is 8.42 Å². The van der Waals surface area contributed by atoms with Crippen LogP contribution < -0.4 is 15.4 Å². The molecule has 0 radical (unpaired) electrons. The van der Waals surface area contributed by atoms with Crippen LogP contribution in [0.1, 0.15) is 18.5 Å². The van der Waals surface area contributed by atoms with Crippen LogP contribution in [-0.4, -0.2) is 69.6 Å². The molecule has 0 atom stereocenters. The third-order valence-electron chi connectivity index (χ3n) is 6.62. The van der Waals surface area contributed by atoms with Crippen LogP contribution in [0.2, 0.25) is 0 Å². The van der Waals surface area contributed by atoms with Crippen molar-refractivity contribution in [2.45, 2.75) is 36.5 Å². The first-order chi connectivity index (χ1) is 18.9. The normalized spacial score (nSPS) is 14.8. The average molecular weight is 574 g/mol. The lowest BCUT2D eigenvalue weighted by molar-refractivity contribution is -0.140. The number of likely N-dealkylation sites (tertiary alicyclic amines) is 1. The average Bonchev–Trinajstić information content (AvgIpc) is 3.23. The number of hydrogen-bond donors (Lipinski definition) is 2. The predicted octanol–water partition coefficient (Wildman–Crippen LogP) is 4.48. The van der Waals surface area contributed by atoms with E-state index in [9.17, 15) is 21.6 Å². The van der Waals surface area contributed by atoms with Gasteiger partial charge < -0.3 is 24.8 Å². The van der Waals surface area contributed by atoms with Crippen LogP contribution in [-0.2, 0) is 16.4 Å². The molecule has 212 valence electrons. The molecule has 12 heteroatoms. The van der Waals surface area contributed by atoms with Crippen LogP contribution in [0.15, 0.2) is 47.4 Å². The van der Waals surface area contributed by atoms with Crippen molar-refractivity contribution in [3.05, 3.63) is 48.2 Å². The third kappa shape index (κ3) is 7.40. The first-order valence-electron chi connectivity index (χ1n) is 12.7. The Labute approximate surface area is 231 Å². The topological polar surface area (TPSA) is 99.4 Å². The highest BCUT2D eigenvalue weighted by Crippen LogP contribution is 2.31. The van der Waals surface area contributed by atoms with Crippen molar-refractivity contribution in [1.82, 2.24) is 9.47 Å². The van der Waals surface area contributed by atoms with Gasteiger partial charge in [0.15, 0.2) is 16.4 Å². The minimum Gasteiger partial charge on any atom is -0.477 e. The van der Waals surface area contributed by atoms with Gasteiger partial charge in [-0.15, -0.1) is 0 Å². The summed E-state index contributed by atoms with van der Waals surface area (Å²) in [7, 11) is -1.43. The number of nitriles is 1. The number of hydrogen-bond acceptors (Lipinski definition) is 7. The highest BCUT2D eigenvalue weighted by atomic mass is 32.2.